The lowest BCUT2D eigenvalue weighted by Gasteiger charge is -2.15. The van der Waals surface area contributed by atoms with Crippen LogP contribution in [0.2, 0.25) is 0 Å². The Balaban J connectivity index is 0.000000213. The molecule has 0 radical (unpaired) electrons. The van der Waals surface area contributed by atoms with Crippen LogP contribution < -0.4 is 9.47 Å². The molecule has 0 heterocycles. The largest absolute Gasteiger partial charge is 0.486 e. The molecule has 2 aliphatic rings. The molecule has 0 saturated heterocycles. The maximum Gasteiger partial charge on any atom is 0.330 e. The molecule has 0 N–H and O–H groups in total. The van der Waals surface area contributed by atoms with Crippen LogP contribution in [0.4, 0.5) is 0 Å². The van der Waals surface area contributed by atoms with Crippen LogP contribution in [0.3, 0.4) is 0 Å². The quantitative estimate of drug-likeness (QED) is 0.0867. The summed E-state index contributed by atoms with van der Waals surface area (Å²) in [5.41, 5.74) is 6.70. The fourth-order valence-electron chi connectivity index (χ4n) is 6.27. The van der Waals surface area contributed by atoms with Gasteiger partial charge in [-0.2, -0.15) is 0 Å². The van der Waals surface area contributed by atoms with Gasteiger partial charge in [0.1, 0.15) is 24.7 Å². The van der Waals surface area contributed by atoms with Crippen molar-refractivity contribution in [2.45, 2.75) is 71.1 Å². The van der Waals surface area contributed by atoms with E-state index in [2.05, 4.69) is 15.9 Å². The Morgan fingerprint density at radius 3 is 1.61 bits per heavy atom. The van der Waals surface area contributed by atoms with Gasteiger partial charge in [-0.05, 0) is 128 Å². The maximum atomic E-state index is 12.2. The number of rotatable bonds is 15. The molecule has 0 aliphatic heterocycles. The van der Waals surface area contributed by atoms with Crippen LogP contribution in [0.1, 0.15) is 94.0 Å². The first-order valence-electron chi connectivity index (χ1n) is 18.5. The molecule has 0 atom stereocenters. The molecule has 0 saturated carbocycles. The van der Waals surface area contributed by atoms with Crippen LogP contribution >= 0.6 is 15.9 Å². The molecular weight excluding hydrogens is 748 g/mol. The molecular formula is C45H45BrO8. The third-order valence-electron chi connectivity index (χ3n) is 9.23. The van der Waals surface area contributed by atoms with E-state index in [-0.39, 0.29) is 42.3 Å². The topological polar surface area (TPSA) is 113 Å². The molecule has 0 fully saturated rings. The van der Waals surface area contributed by atoms with Crippen molar-refractivity contribution in [2.75, 3.05) is 19.8 Å². The van der Waals surface area contributed by atoms with E-state index < -0.39 is 0 Å². The maximum absolute atomic E-state index is 12.2. The smallest absolute Gasteiger partial charge is 0.330 e. The molecule has 2 aliphatic carbocycles. The second-order valence-corrected chi connectivity index (χ2v) is 14.2. The Kier molecular flexibility index (Phi) is 15.1. The van der Waals surface area contributed by atoms with E-state index >= 15 is 0 Å². The van der Waals surface area contributed by atoms with Gasteiger partial charge >= 0.3 is 5.97 Å². The van der Waals surface area contributed by atoms with Gasteiger partial charge in [-0.1, -0.05) is 52.3 Å². The van der Waals surface area contributed by atoms with Crippen molar-refractivity contribution < 1.29 is 38.2 Å². The van der Waals surface area contributed by atoms with E-state index in [9.17, 15) is 24.0 Å². The number of ether oxygens (including phenoxy) is 3. The summed E-state index contributed by atoms with van der Waals surface area (Å²) in [5, 5.41) is 0. The zero-order valence-corrected chi connectivity index (χ0v) is 32.2. The lowest BCUT2D eigenvalue weighted by atomic mass is 9.90. The van der Waals surface area contributed by atoms with E-state index in [1.807, 2.05) is 66.7 Å². The highest BCUT2D eigenvalue weighted by Gasteiger charge is 2.19. The van der Waals surface area contributed by atoms with Gasteiger partial charge in [0.15, 0.2) is 23.1 Å². The van der Waals surface area contributed by atoms with E-state index in [0.29, 0.717) is 56.6 Å². The fourth-order valence-corrected chi connectivity index (χ4v) is 6.53. The number of carbonyl (C=O) groups excluding carboxylic acids is 5. The van der Waals surface area contributed by atoms with Gasteiger partial charge in [0.05, 0.1) is 6.61 Å². The fraction of sp³-hybridized carbons (Fsp3) is 0.311. The molecule has 0 bridgehead atoms. The molecule has 8 nitrogen and oxygen atoms in total. The Bertz CT molecular complexity index is 1980. The molecule has 280 valence electrons. The van der Waals surface area contributed by atoms with Crippen LogP contribution in [0.25, 0.3) is 6.08 Å². The molecule has 4 aromatic rings. The molecule has 0 amide bonds. The van der Waals surface area contributed by atoms with Crippen LogP contribution in [-0.2, 0) is 44.8 Å². The minimum atomic E-state index is -0.363. The Hall–Kier alpha value is -5.15. The SMILES string of the molecule is CCOC(=O)/C=C/c1ccc(CCC(=O)COc2ccc3c(c2)CCCC3=O)cc1.O=C(CCc1ccc(Br)cc1)COc1ccc2c(c1)CCCC2=O. The van der Waals surface area contributed by atoms with E-state index in [0.717, 1.165) is 69.1 Å². The molecule has 0 unspecified atom stereocenters. The highest BCUT2D eigenvalue weighted by Crippen LogP contribution is 2.27. The van der Waals surface area contributed by atoms with Crippen LogP contribution in [-0.4, -0.2) is 48.9 Å². The van der Waals surface area contributed by atoms with E-state index in [1.165, 1.54) is 6.08 Å². The van der Waals surface area contributed by atoms with E-state index in [4.69, 9.17) is 14.2 Å². The molecule has 6 rings (SSSR count). The summed E-state index contributed by atoms with van der Waals surface area (Å²) >= 11 is 3.40. The van der Waals surface area contributed by atoms with Gasteiger partial charge in [0.25, 0.3) is 0 Å². The molecule has 9 heteroatoms. The summed E-state index contributed by atoms with van der Waals surface area (Å²) < 4.78 is 17.1. The van der Waals surface area contributed by atoms with Crippen LogP contribution in [0.15, 0.2) is 95.5 Å². The summed E-state index contributed by atoms with van der Waals surface area (Å²) in [6, 6.07) is 26.6. The highest BCUT2D eigenvalue weighted by molar-refractivity contribution is 9.10. The monoisotopic (exact) mass is 792 g/mol. The number of hydrogen-bond donors (Lipinski definition) is 0. The average Bonchev–Trinajstić information content (AvgIpc) is 3.18. The normalized spacial score (nSPS) is 13.3. The van der Waals surface area contributed by atoms with Crippen LogP contribution in [0, 0.1) is 0 Å². The van der Waals surface area contributed by atoms with Crippen molar-refractivity contribution in [3.05, 3.63) is 134 Å². The average molecular weight is 794 g/mol. The Morgan fingerprint density at radius 2 is 1.13 bits per heavy atom. The predicted molar refractivity (Wildman–Crippen MR) is 211 cm³/mol. The van der Waals surface area contributed by atoms with Gasteiger partial charge < -0.3 is 14.2 Å². The first kappa shape index (κ1) is 40.0. The summed E-state index contributed by atoms with van der Waals surface area (Å²) in [6.07, 6.45) is 10.1. The highest BCUT2D eigenvalue weighted by atomic mass is 79.9. The molecule has 0 spiro atoms. The Morgan fingerprint density at radius 1 is 0.648 bits per heavy atom. The minimum absolute atomic E-state index is 0.0209. The minimum Gasteiger partial charge on any atom is -0.486 e. The van der Waals surface area contributed by atoms with Gasteiger partial charge in [-0.15, -0.1) is 0 Å². The van der Waals surface area contributed by atoms with Crippen molar-refractivity contribution >= 4 is 51.1 Å². The van der Waals surface area contributed by atoms with Gasteiger partial charge in [-0.3, -0.25) is 19.2 Å². The number of halogens is 1. The summed E-state index contributed by atoms with van der Waals surface area (Å²) in [6.45, 7) is 2.21. The van der Waals surface area contributed by atoms with Crippen molar-refractivity contribution in [3.8, 4) is 11.5 Å². The number of benzene rings is 4. The van der Waals surface area contributed by atoms with Crippen LogP contribution in [0.5, 0.6) is 11.5 Å². The summed E-state index contributed by atoms with van der Waals surface area (Å²) in [7, 11) is 0. The zero-order valence-electron chi connectivity index (χ0n) is 30.6. The first-order chi connectivity index (χ1) is 26.2. The lowest BCUT2D eigenvalue weighted by Crippen LogP contribution is -2.14. The predicted octanol–water partition coefficient (Wildman–Crippen LogP) is 8.91. The van der Waals surface area contributed by atoms with Crippen molar-refractivity contribution in [2.24, 2.45) is 0 Å². The van der Waals surface area contributed by atoms with Gasteiger partial charge in [0, 0.05) is 47.4 Å². The number of esters is 1. The van der Waals surface area contributed by atoms with E-state index in [1.54, 1.807) is 31.2 Å². The second-order valence-electron chi connectivity index (χ2n) is 13.3. The summed E-state index contributed by atoms with van der Waals surface area (Å²) in [4.78, 5) is 59.2. The van der Waals surface area contributed by atoms with Crippen molar-refractivity contribution in [3.63, 3.8) is 0 Å². The van der Waals surface area contributed by atoms with Crippen molar-refractivity contribution in [1.29, 1.82) is 0 Å². The Labute approximate surface area is 325 Å². The first-order valence-corrected chi connectivity index (χ1v) is 19.3. The van der Waals surface area contributed by atoms with Gasteiger partial charge in [-0.25, -0.2) is 4.79 Å². The number of Topliss-reactive ketones (excluding diaryl/α,β-unsaturated/α-hetero) is 4. The molecule has 4 aromatic carbocycles. The number of aryl methyl sites for hydroxylation is 4. The number of fused-ring (bicyclic) bond motifs is 2. The van der Waals surface area contributed by atoms with Gasteiger partial charge in [0.2, 0.25) is 0 Å². The summed E-state index contributed by atoms with van der Waals surface area (Å²) in [5.74, 6) is 1.42. The standard InChI is InChI=1S/C25H26O5.C20H19BrO3/c1-2-29-25(28)15-11-19-8-6-18(7-9-19)10-12-21(26)17-30-22-13-14-23-20(16-22)4-3-5-24(23)27;21-16-7-4-14(5-8-16)6-9-17(22)13-24-18-10-11-19-15(12-18)2-1-3-20(19)23/h6-9,11,13-16H,2-5,10,12,17H2,1H3;4-5,7-8,10-12H,1-3,6,9,13H2/b15-11+;. The molecule has 0 aromatic heterocycles. The third kappa shape index (κ3) is 12.5. The lowest BCUT2D eigenvalue weighted by molar-refractivity contribution is -0.137. The second kappa shape index (κ2) is 20.3. The number of hydrogen-bond acceptors (Lipinski definition) is 8. The zero-order chi connectivity index (χ0) is 38.3. The molecule has 54 heavy (non-hydrogen) atoms. The number of ketones is 4. The third-order valence-corrected chi connectivity index (χ3v) is 9.76. The van der Waals surface area contributed by atoms with Crippen molar-refractivity contribution in [1.82, 2.24) is 0 Å². The number of carbonyl (C=O) groups is 5.